The summed E-state index contributed by atoms with van der Waals surface area (Å²) in [6.45, 7) is 1.44. The fourth-order valence-corrected chi connectivity index (χ4v) is 2.35. The third-order valence-electron chi connectivity index (χ3n) is 3.04. The summed E-state index contributed by atoms with van der Waals surface area (Å²) in [6.07, 6.45) is 0.174. The van der Waals surface area contributed by atoms with Gasteiger partial charge in [-0.1, -0.05) is 29.8 Å². The van der Waals surface area contributed by atoms with Crippen LogP contribution in [0.5, 0.6) is 0 Å². The van der Waals surface area contributed by atoms with Gasteiger partial charge in [-0.2, -0.15) is 0 Å². The molecule has 2 rings (SSSR count). The van der Waals surface area contributed by atoms with E-state index < -0.39 is 0 Å². The van der Waals surface area contributed by atoms with Gasteiger partial charge in [-0.15, -0.1) is 0 Å². The molecule has 4 N–H and O–H groups in total. The number of rotatable bonds is 4. The Morgan fingerprint density at radius 2 is 1.72 bits per heavy atom. The molecule has 0 radical (unpaired) electrons. The summed E-state index contributed by atoms with van der Waals surface area (Å²) >= 11 is 11.0. The molecule has 0 saturated heterocycles. The third-order valence-corrected chi connectivity index (χ3v) is 3.48. The molecule has 0 fully saturated rings. The smallest absolute Gasteiger partial charge is 0.242 e. The maximum Gasteiger partial charge on any atom is 0.242 e. The van der Waals surface area contributed by atoms with E-state index in [1.165, 1.54) is 6.92 Å². The summed E-state index contributed by atoms with van der Waals surface area (Å²) in [4.78, 5) is 22.9. The maximum atomic E-state index is 11.9. The van der Waals surface area contributed by atoms with Crippen molar-refractivity contribution in [1.29, 1.82) is 0 Å². The summed E-state index contributed by atoms with van der Waals surface area (Å²) in [5.41, 5.74) is 7.35. The van der Waals surface area contributed by atoms with Gasteiger partial charge in [-0.25, -0.2) is 0 Å². The third kappa shape index (κ3) is 6.78. The van der Waals surface area contributed by atoms with Crippen LogP contribution in [0.3, 0.4) is 0 Å². The van der Waals surface area contributed by atoms with Gasteiger partial charge in [0.05, 0.1) is 6.42 Å². The van der Waals surface area contributed by atoms with Crippen molar-refractivity contribution in [3.63, 3.8) is 0 Å². The second-order valence-corrected chi connectivity index (χ2v) is 6.04. The van der Waals surface area contributed by atoms with E-state index in [0.29, 0.717) is 16.4 Å². The number of carbonyl (C=O) groups excluding carboxylic acids is 2. The van der Waals surface area contributed by atoms with Crippen molar-refractivity contribution in [3.8, 4) is 0 Å². The first-order chi connectivity index (χ1) is 11.9. The fraction of sp³-hybridized carbons (Fsp3) is 0.118. The van der Waals surface area contributed by atoms with Gasteiger partial charge < -0.3 is 10.6 Å². The number of hydrogen-bond acceptors (Lipinski definition) is 3. The molecule has 2 amide bonds. The van der Waals surface area contributed by atoms with Crippen molar-refractivity contribution < 1.29 is 9.59 Å². The minimum Gasteiger partial charge on any atom is -0.331 e. The molecular formula is C17H17ClN4O2S. The lowest BCUT2D eigenvalue weighted by Gasteiger charge is -2.12. The maximum absolute atomic E-state index is 11.9. The minimum atomic E-state index is -0.248. The molecule has 0 heterocycles. The second kappa shape index (κ2) is 9.00. The van der Waals surface area contributed by atoms with Gasteiger partial charge >= 0.3 is 0 Å². The summed E-state index contributed by atoms with van der Waals surface area (Å²) in [5.74, 6) is -0.391. The number of hydrogen-bond donors (Lipinski definition) is 4. The lowest BCUT2D eigenvalue weighted by Crippen LogP contribution is -2.44. The Labute approximate surface area is 155 Å². The topological polar surface area (TPSA) is 82.3 Å². The molecule has 0 aliphatic heterocycles. The zero-order valence-corrected chi connectivity index (χ0v) is 15.0. The van der Waals surface area contributed by atoms with Gasteiger partial charge in [0.2, 0.25) is 11.8 Å². The zero-order valence-electron chi connectivity index (χ0n) is 13.4. The molecule has 25 heavy (non-hydrogen) atoms. The Morgan fingerprint density at radius 1 is 1.00 bits per heavy atom. The highest BCUT2D eigenvalue weighted by Crippen LogP contribution is 2.14. The number of amides is 2. The summed E-state index contributed by atoms with van der Waals surface area (Å²) in [7, 11) is 0. The van der Waals surface area contributed by atoms with E-state index in [4.69, 9.17) is 23.8 Å². The van der Waals surface area contributed by atoms with Crippen LogP contribution in [-0.4, -0.2) is 16.9 Å². The lowest BCUT2D eigenvalue weighted by molar-refractivity contribution is -0.121. The Morgan fingerprint density at radius 3 is 2.36 bits per heavy atom. The molecule has 8 heteroatoms. The molecule has 2 aromatic rings. The molecule has 130 valence electrons. The number of nitrogens with one attached hydrogen (secondary N) is 4. The molecule has 0 aliphatic rings. The van der Waals surface area contributed by atoms with Crippen molar-refractivity contribution in [3.05, 3.63) is 59.1 Å². The number of anilines is 2. The highest BCUT2D eigenvalue weighted by Gasteiger charge is 2.05. The monoisotopic (exact) mass is 376 g/mol. The quantitative estimate of drug-likeness (QED) is 0.487. The lowest BCUT2D eigenvalue weighted by atomic mass is 10.1. The summed E-state index contributed by atoms with van der Waals surface area (Å²) < 4.78 is 0. The number of carbonyl (C=O) groups is 2. The number of benzene rings is 2. The van der Waals surface area contributed by atoms with Crippen LogP contribution in [-0.2, 0) is 16.0 Å². The molecule has 0 aromatic heterocycles. The van der Waals surface area contributed by atoms with Crippen LogP contribution in [0.15, 0.2) is 48.5 Å². The van der Waals surface area contributed by atoms with Gasteiger partial charge in [0.15, 0.2) is 5.11 Å². The molecule has 0 atom stereocenters. The Bertz CT molecular complexity index is 780. The first kappa shape index (κ1) is 18.7. The Hall–Kier alpha value is -2.64. The highest BCUT2D eigenvalue weighted by molar-refractivity contribution is 7.80. The van der Waals surface area contributed by atoms with Crippen molar-refractivity contribution >= 4 is 52.1 Å². The van der Waals surface area contributed by atoms with Crippen molar-refractivity contribution in [2.24, 2.45) is 0 Å². The van der Waals surface area contributed by atoms with Gasteiger partial charge in [0, 0.05) is 23.3 Å². The average Bonchev–Trinajstić information content (AvgIpc) is 2.54. The van der Waals surface area contributed by atoms with Crippen molar-refractivity contribution in [1.82, 2.24) is 10.9 Å². The van der Waals surface area contributed by atoms with Crippen molar-refractivity contribution in [2.45, 2.75) is 13.3 Å². The summed E-state index contributed by atoms with van der Waals surface area (Å²) in [6, 6.07) is 14.1. The predicted octanol–water partition coefficient (Wildman–Crippen LogP) is 2.86. The van der Waals surface area contributed by atoms with Crippen LogP contribution in [0.25, 0.3) is 0 Å². The highest BCUT2D eigenvalue weighted by atomic mass is 35.5. The van der Waals surface area contributed by atoms with Crippen LogP contribution >= 0.6 is 23.8 Å². The molecule has 0 aliphatic carbocycles. The van der Waals surface area contributed by atoms with E-state index in [0.717, 1.165) is 5.56 Å². The average molecular weight is 377 g/mol. The molecule has 0 bridgehead atoms. The first-order valence-corrected chi connectivity index (χ1v) is 8.19. The molecular weight excluding hydrogens is 360 g/mol. The molecule has 0 saturated carbocycles. The van der Waals surface area contributed by atoms with E-state index in [1.807, 2.05) is 0 Å². The second-order valence-electron chi connectivity index (χ2n) is 5.19. The van der Waals surface area contributed by atoms with Gasteiger partial charge in [0.1, 0.15) is 0 Å². The van der Waals surface area contributed by atoms with Gasteiger partial charge in [-0.05, 0) is 48.1 Å². The van der Waals surface area contributed by atoms with Crippen molar-refractivity contribution in [2.75, 3.05) is 10.6 Å². The van der Waals surface area contributed by atoms with Gasteiger partial charge in [-0.3, -0.25) is 20.4 Å². The standard InChI is InChI=1S/C17H17ClN4O2S/c1-11(23)19-14-7-5-12(6-8-14)9-16(24)21-22-17(25)20-15-4-2-3-13(18)10-15/h2-8,10H,9H2,1H3,(H,19,23)(H,21,24)(H2,20,22,25). The predicted molar refractivity (Wildman–Crippen MR) is 103 cm³/mol. The van der Waals surface area contributed by atoms with Crippen LogP contribution in [0, 0.1) is 0 Å². The number of halogens is 1. The normalized spacial score (nSPS) is 9.84. The van der Waals surface area contributed by atoms with Crippen LogP contribution in [0.4, 0.5) is 11.4 Å². The molecule has 0 spiro atoms. The van der Waals surface area contributed by atoms with E-state index in [1.54, 1.807) is 48.5 Å². The molecule has 0 unspecified atom stereocenters. The first-order valence-electron chi connectivity index (χ1n) is 7.40. The fourth-order valence-electron chi connectivity index (χ4n) is 1.99. The SMILES string of the molecule is CC(=O)Nc1ccc(CC(=O)NNC(=S)Nc2cccc(Cl)c2)cc1. The number of thiocarbonyl (C=S) groups is 1. The van der Waals surface area contributed by atoms with E-state index in [-0.39, 0.29) is 23.3 Å². The van der Waals surface area contributed by atoms with E-state index in [9.17, 15) is 9.59 Å². The molecule has 6 nitrogen and oxygen atoms in total. The van der Waals surface area contributed by atoms with Crippen LogP contribution in [0.1, 0.15) is 12.5 Å². The van der Waals surface area contributed by atoms with Crippen LogP contribution < -0.4 is 21.5 Å². The van der Waals surface area contributed by atoms with E-state index >= 15 is 0 Å². The molecule has 2 aromatic carbocycles. The zero-order chi connectivity index (χ0) is 18.2. The van der Waals surface area contributed by atoms with Crippen LogP contribution in [0.2, 0.25) is 5.02 Å². The largest absolute Gasteiger partial charge is 0.331 e. The number of hydrazine groups is 1. The van der Waals surface area contributed by atoms with Gasteiger partial charge in [0.25, 0.3) is 0 Å². The Balaban J connectivity index is 1.78. The minimum absolute atomic E-state index is 0.143. The Kier molecular flexibility index (Phi) is 6.73. The summed E-state index contributed by atoms with van der Waals surface area (Å²) in [5, 5.41) is 6.40. The van der Waals surface area contributed by atoms with E-state index in [2.05, 4.69) is 21.5 Å².